The fraction of sp³-hybridized carbons (Fsp3) is 0.474. The van der Waals surface area contributed by atoms with Crippen LogP contribution < -0.4 is 0 Å². The predicted octanol–water partition coefficient (Wildman–Crippen LogP) is 1.80. The Morgan fingerprint density at radius 3 is 2.80 bits per heavy atom. The van der Waals surface area contributed by atoms with E-state index in [1.54, 1.807) is 0 Å². The van der Waals surface area contributed by atoms with Gasteiger partial charge in [-0.3, -0.25) is 4.79 Å². The van der Waals surface area contributed by atoms with Crippen LogP contribution in [0.5, 0.6) is 0 Å². The molecule has 0 aliphatic carbocycles. The lowest BCUT2D eigenvalue weighted by Crippen LogP contribution is -2.36. The van der Waals surface area contributed by atoms with E-state index in [4.69, 9.17) is 14.3 Å². The van der Waals surface area contributed by atoms with Gasteiger partial charge in [0.1, 0.15) is 11.5 Å². The molecule has 6 nitrogen and oxygen atoms in total. The third-order valence-electron chi connectivity index (χ3n) is 4.94. The third-order valence-corrected chi connectivity index (χ3v) is 4.94. The highest BCUT2D eigenvalue weighted by Crippen LogP contribution is 2.29. The monoisotopic (exact) mass is 342 g/mol. The summed E-state index contributed by atoms with van der Waals surface area (Å²) in [6.45, 7) is 2.63. The molecule has 1 atom stereocenters. The number of hydrogen-bond acceptors (Lipinski definition) is 5. The maximum Gasteiger partial charge on any atom is 0.227 e. The maximum absolute atomic E-state index is 12.6. The molecule has 6 heteroatoms. The van der Waals surface area contributed by atoms with Crippen LogP contribution in [-0.4, -0.2) is 40.7 Å². The maximum atomic E-state index is 12.6. The van der Waals surface area contributed by atoms with Gasteiger partial charge in [-0.25, -0.2) is 4.98 Å². The van der Waals surface area contributed by atoms with E-state index in [-0.39, 0.29) is 18.4 Å². The van der Waals surface area contributed by atoms with Crippen molar-refractivity contribution in [1.29, 1.82) is 0 Å². The summed E-state index contributed by atoms with van der Waals surface area (Å²) in [6.07, 6.45) is 2.03. The Kier molecular flexibility index (Phi) is 4.55. The minimum atomic E-state index is 0.0175. The number of hydrogen-bond donors (Lipinski definition) is 1. The minimum absolute atomic E-state index is 0.0175. The topological polar surface area (TPSA) is 75.8 Å². The van der Waals surface area contributed by atoms with Crippen molar-refractivity contribution in [3.63, 3.8) is 0 Å². The summed E-state index contributed by atoms with van der Waals surface area (Å²) in [7, 11) is 0. The molecular weight excluding hydrogens is 320 g/mol. The van der Waals surface area contributed by atoms with Gasteiger partial charge < -0.3 is 19.2 Å². The first-order valence-corrected chi connectivity index (χ1v) is 8.75. The van der Waals surface area contributed by atoms with Crippen LogP contribution in [0.1, 0.15) is 40.8 Å². The number of benzene rings is 1. The molecular formula is C19H22N2O4. The highest BCUT2D eigenvalue weighted by atomic mass is 16.5. The van der Waals surface area contributed by atoms with E-state index in [0.29, 0.717) is 32.5 Å². The number of carbonyl (C=O) groups is 1. The van der Waals surface area contributed by atoms with Crippen molar-refractivity contribution in [2.75, 3.05) is 19.8 Å². The number of amides is 1. The van der Waals surface area contributed by atoms with Gasteiger partial charge in [-0.15, -0.1) is 0 Å². The summed E-state index contributed by atoms with van der Waals surface area (Å²) in [6, 6.07) is 7.50. The van der Waals surface area contributed by atoms with Gasteiger partial charge in [0, 0.05) is 19.6 Å². The number of rotatable bonds is 4. The molecule has 2 aliphatic heterocycles. The number of fused-ring (bicyclic) bond motifs is 1. The molecule has 4 rings (SSSR count). The van der Waals surface area contributed by atoms with Crippen molar-refractivity contribution in [3.8, 4) is 0 Å². The lowest BCUT2D eigenvalue weighted by molar-refractivity contribution is -0.131. The number of oxazole rings is 1. The molecule has 25 heavy (non-hydrogen) atoms. The van der Waals surface area contributed by atoms with E-state index in [2.05, 4.69) is 4.98 Å². The summed E-state index contributed by atoms with van der Waals surface area (Å²) in [5.41, 5.74) is 2.69. The Hall–Kier alpha value is -2.18. The summed E-state index contributed by atoms with van der Waals surface area (Å²) in [5.74, 6) is 2.02. The Balaban J connectivity index is 1.41. The number of aliphatic hydroxyl groups excluding tert-OH is 1. The van der Waals surface area contributed by atoms with Gasteiger partial charge >= 0.3 is 0 Å². The lowest BCUT2D eigenvalue weighted by atomic mass is 10.1. The molecule has 0 saturated carbocycles. The SMILES string of the molecule is O=C(Cc1ccc(CO)cc1)N1CCc2oc(C3CCOC3)nc2C1. The van der Waals surface area contributed by atoms with Crippen LogP contribution in [0.25, 0.3) is 0 Å². The molecule has 0 radical (unpaired) electrons. The minimum Gasteiger partial charge on any atom is -0.445 e. The Morgan fingerprint density at radius 2 is 2.08 bits per heavy atom. The number of ether oxygens (including phenoxy) is 1. The molecule has 2 aliphatic rings. The largest absolute Gasteiger partial charge is 0.445 e. The van der Waals surface area contributed by atoms with Crippen molar-refractivity contribution >= 4 is 5.91 Å². The van der Waals surface area contributed by atoms with Gasteiger partial charge in [0.05, 0.1) is 32.1 Å². The second-order valence-corrected chi connectivity index (χ2v) is 6.70. The van der Waals surface area contributed by atoms with Gasteiger partial charge in [0.15, 0.2) is 5.89 Å². The molecule has 3 heterocycles. The third kappa shape index (κ3) is 3.45. The first-order valence-electron chi connectivity index (χ1n) is 8.75. The van der Waals surface area contributed by atoms with Crippen LogP contribution >= 0.6 is 0 Å². The zero-order valence-corrected chi connectivity index (χ0v) is 14.1. The van der Waals surface area contributed by atoms with E-state index in [1.165, 1.54) is 0 Å². The van der Waals surface area contributed by atoms with Crippen molar-refractivity contribution in [2.45, 2.75) is 38.3 Å². The van der Waals surface area contributed by atoms with Crippen molar-refractivity contribution < 1.29 is 19.1 Å². The fourth-order valence-corrected chi connectivity index (χ4v) is 3.38. The first-order chi connectivity index (χ1) is 12.2. The van der Waals surface area contributed by atoms with E-state index >= 15 is 0 Å². The van der Waals surface area contributed by atoms with Crippen LogP contribution in [0, 0.1) is 0 Å². The van der Waals surface area contributed by atoms with Gasteiger partial charge in [0.25, 0.3) is 0 Å². The zero-order valence-electron chi connectivity index (χ0n) is 14.1. The molecule has 0 spiro atoms. The highest BCUT2D eigenvalue weighted by molar-refractivity contribution is 5.79. The molecule has 1 fully saturated rings. The Bertz CT molecular complexity index is 747. The molecule has 1 aromatic carbocycles. The van der Waals surface area contributed by atoms with Gasteiger partial charge in [-0.05, 0) is 17.5 Å². The molecule has 132 valence electrons. The van der Waals surface area contributed by atoms with E-state index in [1.807, 2.05) is 29.2 Å². The summed E-state index contributed by atoms with van der Waals surface area (Å²) < 4.78 is 11.3. The normalized spacial score (nSPS) is 19.9. The molecule has 1 unspecified atom stereocenters. The first kappa shape index (κ1) is 16.3. The van der Waals surface area contributed by atoms with Crippen molar-refractivity contribution in [1.82, 2.24) is 9.88 Å². The molecule has 2 aromatic rings. The predicted molar refractivity (Wildman–Crippen MR) is 89.9 cm³/mol. The molecule has 1 N–H and O–H groups in total. The van der Waals surface area contributed by atoms with Crippen molar-refractivity contribution in [2.24, 2.45) is 0 Å². The van der Waals surface area contributed by atoms with E-state index in [0.717, 1.165) is 41.5 Å². The fourth-order valence-electron chi connectivity index (χ4n) is 3.38. The van der Waals surface area contributed by atoms with E-state index in [9.17, 15) is 4.79 Å². The second kappa shape index (κ2) is 6.98. The second-order valence-electron chi connectivity index (χ2n) is 6.70. The molecule has 1 aromatic heterocycles. The van der Waals surface area contributed by atoms with Crippen LogP contribution in [0.3, 0.4) is 0 Å². The zero-order chi connectivity index (χ0) is 17.2. The smallest absolute Gasteiger partial charge is 0.227 e. The lowest BCUT2D eigenvalue weighted by Gasteiger charge is -2.25. The van der Waals surface area contributed by atoms with Crippen LogP contribution in [0.2, 0.25) is 0 Å². The quantitative estimate of drug-likeness (QED) is 0.917. The number of nitrogens with zero attached hydrogens (tertiary/aromatic N) is 2. The summed E-state index contributed by atoms with van der Waals surface area (Å²) in [4.78, 5) is 19.1. The van der Waals surface area contributed by atoms with Crippen LogP contribution in [-0.2, 0) is 35.5 Å². The highest BCUT2D eigenvalue weighted by Gasteiger charge is 2.29. The van der Waals surface area contributed by atoms with Gasteiger partial charge in [0.2, 0.25) is 5.91 Å². The summed E-state index contributed by atoms with van der Waals surface area (Å²) in [5, 5.41) is 9.09. The van der Waals surface area contributed by atoms with Crippen LogP contribution in [0.15, 0.2) is 28.7 Å². The average Bonchev–Trinajstić information content (AvgIpc) is 3.31. The van der Waals surface area contributed by atoms with Gasteiger partial charge in [-0.2, -0.15) is 0 Å². The van der Waals surface area contributed by atoms with E-state index < -0.39 is 0 Å². The molecule has 1 saturated heterocycles. The number of carbonyl (C=O) groups excluding carboxylic acids is 1. The number of aromatic nitrogens is 1. The number of aliphatic hydroxyl groups is 1. The van der Waals surface area contributed by atoms with Gasteiger partial charge in [-0.1, -0.05) is 24.3 Å². The Labute approximate surface area is 146 Å². The summed E-state index contributed by atoms with van der Waals surface area (Å²) >= 11 is 0. The molecule has 0 bridgehead atoms. The average molecular weight is 342 g/mol. The van der Waals surface area contributed by atoms with Crippen LogP contribution in [0.4, 0.5) is 0 Å². The molecule has 1 amide bonds. The standard InChI is InChI=1S/C19H22N2O4/c22-11-14-3-1-13(2-4-14)9-18(23)21-7-5-17-16(10-21)20-19(25-17)15-6-8-24-12-15/h1-4,15,22H,5-12H2. The van der Waals surface area contributed by atoms with Crippen molar-refractivity contribution in [3.05, 3.63) is 52.7 Å². The Morgan fingerprint density at radius 1 is 1.28 bits per heavy atom.